The molecule has 0 bridgehead atoms. The lowest BCUT2D eigenvalue weighted by Gasteiger charge is -2.24. The third-order valence-corrected chi connectivity index (χ3v) is 9.48. The quantitative estimate of drug-likeness (QED) is 0.306. The van der Waals surface area contributed by atoms with E-state index in [0.717, 1.165) is 0 Å². The number of rotatable bonds is 4. The van der Waals surface area contributed by atoms with Crippen LogP contribution in [-0.4, -0.2) is 6.66 Å². The molecule has 1 heterocycles. The number of hydrogen-bond donors (Lipinski definition) is 0. The monoisotopic (exact) mass is 414 g/mol. The molecule has 0 spiro atoms. The molecule has 0 aliphatic carbocycles. The first-order chi connectivity index (χ1) is 14.0. The van der Waals surface area contributed by atoms with Crippen LogP contribution in [0.3, 0.4) is 0 Å². The zero-order valence-electron chi connectivity index (χ0n) is 17.8. The lowest BCUT2D eigenvalue weighted by atomic mass is 9.90. The average Bonchev–Trinajstić information content (AvgIpc) is 3.22. The van der Waals surface area contributed by atoms with Gasteiger partial charge in [0.1, 0.15) is 0 Å². The standard InChI is InChI=1S/C27H27PS/c1-18-10-6-11-19(2)25(18)22-14-8-15-23(26-20(3)12-7-13-21(26)4)27(22)28(5)24-16-9-17-29-24/h6-17H,1-5H3. The fourth-order valence-electron chi connectivity index (χ4n) is 4.36. The second-order valence-corrected chi connectivity index (χ2v) is 11.0. The summed E-state index contributed by atoms with van der Waals surface area (Å²) in [6, 6.07) is 24.6. The van der Waals surface area contributed by atoms with E-state index in [4.69, 9.17) is 0 Å². The first kappa shape index (κ1) is 20.1. The molecule has 1 aromatic heterocycles. The van der Waals surface area contributed by atoms with Crippen molar-refractivity contribution in [3.05, 3.63) is 94.4 Å². The summed E-state index contributed by atoms with van der Waals surface area (Å²) in [6.45, 7) is 11.4. The third-order valence-electron chi connectivity index (χ3n) is 5.71. The minimum absolute atomic E-state index is 0.454. The average molecular weight is 415 g/mol. The van der Waals surface area contributed by atoms with Gasteiger partial charge in [-0.05, 0) is 104 Å². The van der Waals surface area contributed by atoms with Gasteiger partial charge in [0.2, 0.25) is 0 Å². The van der Waals surface area contributed by atoms with Gasteiger partial charge >= 0.3 is 0 Å². The molecular weight excluding hydrogens is 387 g/mol. The molecule has 29 heavy (non-hydrogen) atoms. The first-order valence-corrected chi connectivity index (χ1v) is 12.7. The van der Waals surface area contributed by atoms with E-state index in [-0.39, 0.29) is 0 Å². The van der Waals surface area contributed by atoms with Gasteiger partial charge in [0.15, 0.2) is 0 Å². The molecule has 0 N–H and O–H groups in total. The lowest BCUT2D eigenvalue weighted by molar-refractivity contribution is 1.37. The maximum Gasteiger partial charge on any atom is 0.0321 e. The third kappa shape index (κ3) is 3.70. The van der Waals surface area contributed by atoms with E-state index in [9.17, 15) is 0 Å². The van der Waals surface area contributed by atoms with Crippen molar-refractivity contribution in [2.75, 3.05) is 6.66 Å². The van der Waals surface area contributed by atoms with Gasteiger partial charge in [-0.1, -0.05) is 60.7 Å². The summed E-state index contributed by atoms with van der Waals surface area (Å²) < 4.78 is 1.48. The van der Waals surface area contributed by atoms with Crippen molar-refractivity contribution < 1.29 is 0 Å². The molecule has 0 saturated heterocycles. The molecule has 2 heteroatoms. The normalized spacial score (nSPS) is 12.2. The van der Waals surface area contributed by atoms with Crippen molar-refractivity contribution in [1.29, 1.82) is 0 Å². The Labute approximate surface area is 180 Å². The van der Waals surface area contributed by atoms with E-state index >= 15 is 0 Å². The Kier molecular flexibility index (Phi) is 5.72. The van der Waals surface area contributed by atoms with Crippen molar-refractivity contribution in [3.63, 3.8) is 0 Å². The highest BCUT2D eigenvalue weighted by molar-refractivity contribution is 7.77. The molecule has 4 aromatic rings. The highest BCUT2D eigenvalue weighted by Crippen LogP contribution is 2.42. The van der Waals surface area contributed by atoms with E-state index in [1.165, 1.54) is 54.4 Å². The molecule has 3 aromatic carbocycles. The van der Waals surface area contributed by atoms with Crippen molar-refractivity contribution in [1.82, 2.24) is 0 Å². The Balaban J connectivity index is 2.08. The maximum absolute atomic E-state index is 2.42. The minimum atomic E-state index is -0.454. The zero-order valence-corrected chi connectivity index (χ0v) is 19.5. The largest absolute Gasteiger partial charge is 0.144 e. The van der Waals surface area contributed by atoms with Gasteiger partial charge in [-0.15, -0.1) is 11.3 Å². The van der Waals surface area contributed by atoms with Crippen molar-refractivity contribution in [2.45, 2.75) is 27.7 Å². The highest BCUT2D eigenvalue weighted by Gasteiger charge is 2.22. The van der Waals surface area contributed by atoms with Crippen LogP contribution in [0.15, 0.2) is 72.1 Å². The Morgan fingerprint density at radius 3 is 1.45 bits per heavy atom. The Hall–Kier alpha value is -2.21. The second-order valence-electron chi connectivity index (χ2n) is 7.75. The molecule has 0 amide bonds. The van der Waals surface area contributed by atoms with Crippen LogP contribution in [0, 0.1) is 27.7 Å². The van der Waals surface area contributed by atoms with E-state index in [1.807, 2.05) is 11.3 Å². The summed E-state index contributed by atoms with van der Waals surface area (Å²) in [5.41, 5.74) is 11.0. The summed E-state index contributed by atoms with van der Waals surface area (Å²) in [6.07, 6.45) is 0. The van der Waals surface area contributed by atoms with Crippen LogP contribution in [0.25, 0.3) is 22.3 Å². The van der Waals surface area contributed by atoms with Crippen molar-refractivity contribution in [3.8, 4) is 22.3 Å². The molecule has 146 valence electrons. The van der Waals surface area contributed by atoms with Gasteiger partial charge in [-0.2, -0.15) is 0 Å². The van der Waals surface area contributed by atoms with Gasteiger partial charge in [0.25, 0.3) is 0 Å². The van der Waals surface area contributed by atoms with Crippen molar-refractivity contribution >= 4 is 29.2 Å². The second kappa shape index (κ2) is 8.27. The van der Waals surface area contributed by atoms with E-state index in [1.54, 1.807) is 0 Å². The highest BCUT2D eigenvalue weighted by atomic mass is 32.1. The minimum Gasteiger partial charge on any atom is -0.144 e. The molecule has 0 radical (unpaired) electrons. The van der Waals surface area contributed by atoms with Crippen LogP contribution < -0.4 is 9.92 Å². The van der Waals surface area contributed by atoms with Crippen molar-refractivity contribution in [2.24, 2.45) is 0 Å². The first-order valence-electron chi connectivity index (χ1n) is 10.0. The van der Waals surface area contributed by atoms with E-state index in [2.05, 4.69) is 106 Å². The summed E-state index contributed by atoms with van der Waals surface area (Å²) in [7, 11) is -0.454. The number of hydrogen-bond acceptors (Lipinski definition) is 1. The molecule has 0 fully saturated rings. The fraction of sp³-hybridized carbons (Fsp3) is 0.185. The van der Waals surface area contributed by atoms with Gasteiger partial charge < -0.3 is 0 Å². The SMILES string of the molecule is Cc1cccc(C)c1-c1cccc(-c2c(C)cccc2C)c1P(C)c1cccs1. The topological polar surface area (TPSA) is 0 Å². The Bertz CT molecular complexity index is 1050. The Morgan fingerprint density at radius 1 is 0.586 bits per heavy atom. The zero-order chi connectivity index (χ0) is 20.5. The summed E-state index contributed by atoms with van der Waals surface area (Å²) in [5.74, 6) is 0. The van der Waals surface area contributed by atoms with Crippen LogP contribution in [0.5, 0.6) is 0 Å². The summed E-state index contributed by atoms with van der Waals surface area (Å²) >= 11 is 1.88. The number of benzene rings is 3. The van der Waals surface area contributed by atoms with Crippen LogP contribution >= 0.6 is 19.3 Å². The fourth-order valence-corrected chi connectivity index (χ4v) is 7.53. The molecule has 1 unspecified atom stereocenters. The summed E-state index contributed by atoms with van der Waals surface area (Å²) in [4.78, 5) is 0. The van der Waals surface area contributed by atoms with Crippen LogP contribution in [0.1, 0.15) is 22.3 Å². The molecule has 0 saturated carbocycles. The predicted octanol–water partition coefficient (Wildman–Crippen LogP) is 7.38. The predicted molar refractivity (Wildman–Crippen MR) is 133 cm³/mol. The summed E-state index contributed by atoms with van der Waals surface area (Å²) in [5, 5.41) is 3.70. The van der Waals surface area contributed by atoms with Gasteiger partial charge in [-0.3, -0.25) is 0 Å². The van der Waals surface area contributed by atoms with Gasteiger partial charge in [-0.25, -0.2) is 0 Å². The van der Waals surface area contributed by atoms with Crippen LogP contribution in [-0.2, 0) is 0 Å². The smallest absolute Gasteiger partial charge is 0.0321 e. The van der Waals surface area contributed by atoms with Crippen LogP contribution in [0.2, 0.25) is 0 Å². The molecule has 4 rings (SSSR count). The molecule has 1 atom stereocenters. The molecule has 0 aliphatic rings. The number of thiophene rings is 1. The number of aryl methyl sites for hydroxylation is 4. The van der Waals surface area contributed by atoms with Gasteiger partial charge in [0.05, 0.1) is 0 Å². The molecule has 0 nitrogen and oxygen atoms in total. The van der Waals surface area contributed by atoms with E-state index < -0.39 is 7.92 Å². The Morgan fingerprint density at radius 2 is 1.03 bits per heavy atom. The molecule has 0 aliphatic heterocycles. The lowest BCUT2D eigenvalue weighted by Crippen LogP contribution is -2.16. The van der Waals surface area contributed by atoms with E-state index in [0.29, 0.717) is 0 Å². The van der Waals surface area contributed by atoms with Crippen LogP contribution in [0.4, 0.5) is 0 Å². The maximum atomic E-state index is 2.42. The van der Waals surface area contributed by atoms with Gasteiger partial charge in [0, 0.05) is 4.62 Å². The molecular formula is C27H27PS.